The zero-order valence-electron chi connectivity index (χ0n) is 16.4. The molecule has 7 nitrogen and oxygen atoms in total. The van der Waals surface area contributed by atoms with E-state index in [0.717, 1.165) is 12.0 Å². The average Bonchev–Trinajstić information content (AvgIpc) is 3.00. The number of ether oxygens (including phenoxy) is 2. The second-order valence-corrected chi connectivity index (χ2v) is 9.62. The Morgan fingerprint density at radius 2 is 1.73 bits per heavy atom. The quantitative estimate of drug-likeness (QED) is 0.716. The zero-order chi connectivity index (χ0) is 21.1. The normalized spacial score (nSPS) is 17.9. The molecule has 0 N–H and O–H groups in total. The fourth-order valence-corrected chi connectivity index (χ4v) is 5.32. The SMILES string of the molecule is N#Cc1ccc(S(=O)(=O)N2CCN(Cc3cc(Cl)c4c(c3)OCCCO4)CC2)cc1. The topological polar surface area (TPSA) is 82.9 Å². The van der Waals surface area contributed by atoms with Gasteiger partial charge in [-0.2, -0.15) is 9.57 Å². The van der Waals surface area contributed by atoms with Crippen LogP contribution in [0.2, 0.25) is 5.02 Å². The predicted molar refractivity (Wildman–Crippen MR) is 112 cm³/mol. The summed E-state index contributed by atoms with van der Waals surface area (Å²) in [7, 11) is -3.57. The number of piperazine rings is 1. The van der Waals surface area contributed by atoms with E-state index in [0.29, 0.717) is 68.0 Å². The van der Waals surface area contributed by atoms with Crippen molar-refractivity contribution in [3.63, 3.8) is 0 Å². The third-order valence-corrected chi connectivity index (χ3v) is 7.41. The smallest absolute Gasteiger partial charge is 0.243 e. The molecule has 0 aliphatic carbocycles. The molecule has 0 amide bonds. The Morgan fingerprint density at radius 1 is 1.03 bits per heavy atom. The van der Waals surface area contributed by atoms with Gasteiger partial charge in [-0.1, -0.05) is 11.6 Å². The van der Waals surface area contributed by atoms with Crippen molar-refractivity contribution >= 4 is 21.6 Å². The van der Waals surface area contributed by atoms with Gasteiger partial charge in [-0.3, -0.25) is 4.90 Å². The summed E-state index contributed by atoms with van der Waals surface area (Å²) in [6.07, 6.45) is 0.815. The molecule has 0 atom stereocenters. The summed E-state index contributed by atoms with van der Waals surface area (Å²) in [6, 6.07) is 11.9. The third-order valence-electron chi connectivity index (χ3n) is 5.22. The van der Waals surface area contributed by atoms with Crippen LogP contribution in [-0.4, -0.2) is 57.0 Å². The Hall–Kier alpha value is -2.31. The molecule has 0 bridgehead atoms. The van der Waals surface area contributed by atoms with E-state index in [1.807, 2.05) is 18.2 Å². The molecule has 2 aliphatic heterocycles. The molecule has 30 heavy (non-hydrogen) atoms. The summed E-state index contributed by atoms with van der Waals surface area (Å²) in [5, 5.41) is 9.42. The molecule has 0 spiro atoms. The summed E-state index contributed by atoms with van der Waals surface area (Å²) >= 11 is 6.38. The van der Waals surface area contributed by atoms with Crippen LogP contribution < -0.4 is 9.47 Å². The van der Waals surface area contributed by atoms with Gasteiger partial charge in [0.25, 0.3) is 0 Å². The molecule has 9 heteroatoms. The minimum Gasteiger partial charge on any atom is -0.489 e. The van der Waals surface area contributed by atoms with Crippen molar-refractivity contribution in [2.75, 3.05) is 39.4 Å². The highest BCUT2D eigenvalue weighted by atomic mass is 35.5. The van der Waals surface area contributed by atoms with E-state index in [4.69, 9.17) is 26.3 Å². The van der Waals surface area contributed by atoms with Crippen LogP contribution in [0.1, 0.15) is 17.5 Å². The Bertz CT molecular complexity index is 1060. The van der Waals surface area contributed by atoms with Crippen molar-refractivity contribution in [2.45, 2.75) is 17.9 Å². The van der Waals surface area contributed by atoms with Gasteiger partial charge in [0, 0.05) is 39.1 Å². The molecule has 4 rings (SSSR count). The van der Waals surface area contributed by atoms with Crippen LogP contribution in [0.5, 0.6) is 11.5 Å². The van der Waals surface area contributed by atoms with Crippen molar-refractivity contribution in [3.05, 3.63) is 52.5 Å². The lowest BCUT2D eigenvalue weighted by atomic mass is 10.1. The first-order valence-electron chi connectivity index (χ1n) is 9.78. The lowest BCUT2D eigenvalue weighted by Gasteiger charge is -2.34. The first kappa shape index (κ1) is 20.9. The zero-order valence-corrected chi connectivity index (χ0v) is 18.0. The molecule has 0 unspecified atom stereocenters. The van der Waals surface area contributed by atoms with Crippen molar-refractivity contribution in [1.29, 1.82) is 5.26 Å². The van der Waals surface area contributed by atoms with E-state index in [2.05, 4.69) is 4.90 Å². The van der Waals surface area contributed by atoms with E-state index in [9.17, 15) is 8.42 Å². The van der Waals surface area contributed by atoms with Crippen LogP contribution in [0.3, 0.4) is 0 Å². The van der Waals surface area contributed by atoms with E-state index >= 15 is 0 Å². The molecule has 1 saturated heterocycles. The van der Waals surface area contributed by atoms with Gasteiger partial charge in [0.05, 0.1) is 34.8 Å². The predicted octanol–water partition coefficient (Wildman–Crippen LogP) is 2.88. The first-order valence-corrected chi connectivity index (χ1v) is 11.6. The molecule has 2 heterocycles. The molecule has 2 aromatic rings. The van der Waals surface area contributed by atoms with Crippen LogP contribution in [-0.2, 0) is 16.6 Å². The van der Waals surface area contributed by atoms with Crippen molar-refractivity contribution in [1.82, 2.24) is 9.21 Å². The van der Waals surface area contributed by atoms with E-state index in [1.54, 1.807) is 0 Å². The van der Waals surface area contributed by atoms with Gasteiger partial charge in [0.2, 0.25) is 10.0 Å². The molecular weight excluding hydrogens is 426 g/mol. The Kier molecular flexibility index (Phi) is 6.16. The molecule has 1 fully saturated rings. The number of benzene rings is 2. The summed E-state index contributed by atoms with van der Waals surface area (Å²) in [5.41, 5.74) is 1.44. The highest BCUT2D eigenvalue weighted by Gasteiger charge is 2.28. The summed E-state index contributed by atoms with van der Waals surface area (Å²) in [4.78, 5) is 2.41. The number of sulfonamides is 1. The van der Waals surface area contributed by atoms with Crippen LogP contribution in [0.15, 0.2) is 41.3 Å². The fraction of sp³-hybridized carbons (Fsp3) is 0.381. The third kappa shape index (κ3) is 4.40. The van der Waals surface area contributed by atoms with Crippen molar-refractivity contribution in [2.24, 2.45) is 0 Å². The highest BCUT2D eigenvalue weighted by molar-refractivity contribution is 7.89. The molecule has 0 aromatic heterocycles. The Morgan fingerprint density at radius 3 is 2.43 bits per heavy atom. The fourth-order valence-electron chi connectivity index (χ4n) is 3.61. The van der Waals surface area contributed by atoms with Crippen molar-refractivity contribution in [3.8, 4) is 17.6 Å². The van der Waals surface area contributed by atoms with E-state index in [1.165, 1.54) is 28.6 Å². The lowest BCUT2D eigenvalue weighted by molar-refractivity contribution is 0.181. The van der Waals surface area contributed by atoms with Crippen LogP contribution >= 0.6 is 11.6 Å². The number of fused-ring (bicyclic) bond motifs is 1. The molecule has 0 radical (unpaired) electrons. The monoisotopic (exact) mass is 447 g/mol. The minimum absolute atomic E-state index is 0.213. The standard InChI is InChI=1S/C21H22ClN3O4S/c22-19-12-17(13-20-21(19)29-11-1-10-28-20)15-24-6-8-25(9-7-24)30(26,27)18-4-2-16(14-23)3-5-18/h2-5,12-13H,1,6-11,15H2. The summed E-state index contributed by atoms with van der Waals surface area (Å²) in [6.45, 7) is 3.87. The van der Waals surface area contributed by atoms with Crippen molar-refractivity contribution < 1.29 is 17.9 Å². The summed E-state index contributed by atoms with van der Waals surface area (Å²) in [5.74, 6) is 1.26. The van der Waals surface area contributed by atoms with Gasteiger partial charge in [-0.25, -0.2) is 8.42 Å². The van der Waals surface area contributed by atoms with Gasteiger partial charge in [-0.15, -0.1) is 0 Å². The molecule has 158 valence electrons. The second kappa shape index (κ2) is 8.82. The maximum absolute atomic E-state index is 12.9. The molecule has 0 saturated carbocycles. The van der Waals surface area contributed by atoms with Gasteiger partial charge >= 0.3 is 0 Å². The van der Waals surface area contributed by atoms with Gasteiger partial charge in [-0.05, 0) is 42.0 Å². The summed E-state index contributed by atoms with van der Waals surface area (Å²) < 4.78 is 38.6. The Labute approximate surface area is 181 Å². The molecular formula is C21H22ClN3O4S. The maximum Gasteiger partial charge on any atom is 0.243 e. The highest BCUT2D eigenvalue weighted by Crippen LogP contribution is 2.38. The second-order valence-electron chi connectivity index (χ2n) is 7.27. The number of nitrogens with zero attached hydrogens (tertiary/aromatic N) is 3. The Balaban J connectivity index is 1.40. The van der Waals surface area contributed by atoms with Crippen LogP contribution in [0.4, 0.5) is 0 Å². The lowest BCUT2D eigenvalue weighted by Crippen LogP contribution is -2.48. The van der Waals surface area contributed by atoms with E-state index in [-0.39, 0.29) is 4.90 Å². The number of rotatable bonds is 4. The van der Waals surface area contributed by atoms with E-state index < -0.39 is 10.0 Å². The maximum atomic E-state index is 12.9. The number of halogens is 1. The van der Waals surface area contributed by atoms with Gasteiger partial charge in [0.15, 0.2) is 11.5 Å². The van der Waals surface area contributed by atoms with Gasteiger partial charge in [0.1, 0.15) is 0 Å². The largest absolute Gasteiger partial charge is 0.489 e. The van der Waals surface area contributed by atoms with Gasteiger partial charge < -0.3 is 9.47 Å². The first-order chi connectivity index (χ1) is 14.5. The number of nitriles is 1. The van der Waals surface area contributed by atoms with Crippen LogP contribution in [0.25, 0.3) is 0 Å². The minimum atomic E-state index is -3.57. The number of hydrogen-bond donors (Lipinski definition) is 0. The number of hydrogen-bond acceptors (Lipinski definition) is 6. The molecule has 2 aliphatic rings. The van der Waals surface area contributed by atoms with Crippen LogP contribution in [0, 0.1) is 11.3 Å². The molecule has 2 aromatic carbocycles. The average molecular weight is 448 g/mol.